The third-order valence-electron chi connectivity index (χ3n) is 3.89. The van der Waals surface area contributed by atoms with Gasteiger partial charge in [-0.3, -0.25) is 4.79 Å². The van der Waals surface area contributed by atoms with Gasteiger partial charge in [0.05, 0.1) is 0 Å². The van der Waals surface area contributed by atoms with E-state index in [0.29, 0.717) is 5.92 Å². The van der Waals surface area contributed by atoms with Gasteiger partial charge in [0.1, 0.15) is 0 Å². The summed E-state index contributed by atoms with van der Waals surface area (Å²) < 4.78 is 0. The summed E-state index contributed by atoms with van der Waals surface area (Å²) in [5.41, 5.74) is 2.86. The summed E-state index contributed by atoms with van der Waals surface area (Å²) in [5, 5.41) is 6.44. The average molecular weight is 260 g/mol. The minimum atomic E-state index is -0.0919. The van der Waals surface area contributed by atoms with Crippen molar-refractivity contribution in [2.45, 2.75) is 46.1 Å². The van der Waals surface area contributed by atoms with E-state index >= 15 is 0 Å². The van der Waals surface area contributed by atoms with E-state index in [1.165, 1.54) is 12.8 Å². The summed E-state index contributed by atoms with van der Waals surface area (Å²) in [4.78, 5) is 12.3. The Hall–Kier alpha value is -1.51. The first-order valence-corrected chi connectivity index (χ1v) is 7.11. The Bertz CT molecular complexity index is 476. The number of amides is 1. The lowest BCUT2D eigenvalue weighted by Crippen LogP contribution is -2.45. The Morgan fingerprint density at radius 1 is 1.37 bits per heavy atom. The van der Waals surface area contributed by atoms with Gasteiger partial charge in [0.25, 0.3) is 5.91 Å². The fourth-order valence-electron chi connectivity index (χ4n) is 2.47. The van der Waals surface area contributed by atoms with Gasteiger partial charge in [-0.2, -0.15) is 0 Å². The first-order valence-electron chi connectivity index (χ1n) is 7.11. The molecule has 0 unspecified atom stereocenters. The van der Waals surface area contributed by atoms with Crippen LogP contribution in [0.1, 0.15) is 49.5 Å². The van der Waals surface area contributed by atoms with E-state index < -0.39 is 0 Å². The molecule has 3 nitrogen and oxygen atoms in total. The molecule has 104 valence electrons. The lowest BCUT2D eigenvalue weighted by molar-refractivity contribution is 0.0903. The molecule has 3 heteroatoms. The third kappa shape index (κ3) is 3.28. The zero-order valence-electron chi connectivity index (χ0n) is 12.3. The van der Waals surface area contributed by atoms with E-state index in [9.17, 15) is 4.79 Å². The molecular weight excluding hydrogens is 236 g/mol. The molecule has 0 bridgehead atoms. The number of carbonyl (C=O) groups is 1. The molecule has 1 saturated carbocycles. The maximum Gasteiger partial charge on any atom is 0.251 e. The minimum absolute atomic E-state index is 0.0306. The SMILES string of the molecule is CCNc1ccc(C(=O)NC(C)(C)C2CC2)cc1C. The van der Waals surface area contributed by atoms with Gasteiger partial charge < -0.3 is 10.6 Å². The Morgan fingerprint density at radius 3 is 2.58 bits per heavy atom. The molecular formula is C16H24N2O. The molecule has 2 rings (SSSR count). The van der Waals surface area contributed by atoms with Crippen LogP contribution in [0.5, 0.6) is 0 Å². The zero-order valence-corrected chi connectivity index (χ0v) is 12.3. The van der Waals surface area contributed by atoms with Crippen LogP contribution in [-0.4, -0.2) is 18.0 Å². The Kier molecular flexibility index (Phi) is 3.83. The summed E-state index contributed by atoms with van der Waals surface area (Å²) in [6.45, 7) is 9.21. The van der Waals surface area contributed by atoms with Gasteiger partial charge >= 0.3 is 0 Å². The van der Waals surface area contributed by atoms with Crippen LogP contribution in [0, 0.1) is 12.8 Å². The summed E-state index contributed by atoms with van der Waals surface area (Å²) >= 11 is 0. The number of carbonyl (C=O) groups excluding carboxylic acids is 1. The highest BCUT2D eigenvalue weighted by Gasteiger charge is 2.38. The molecule has 0 atom stereocenters. The average Bonchev–Trinajstić information content (AvgIpc) is 3.15. The normalized spacial score (nSPS) is 15.2. The van der Waals surface area contributed by atoms with Gasteiger partial charge in [0.15, 0.2) is 0 Å². The molecule has 1 aromatic carbocycles. The highest BCUT2D eigenvalue weighted by molar-refractivity contribution is 5.95. The summed E-state index contributed by atoms with van der Waals surface area (Å²) in [7, 11) is 0. The smallest absolute Gasteiger partial charge is 0.251 e. The first kappa shape index (κ1) is 13.9. The quantitative estimate of drug-likeness (QED) is 0.852. The largest absolute Gasteiger partial charge is 0.385 e. The molecule has 0 radical (unpaired) electrons. The van der Waals surface area contributed by atoms with Crippen LogP contribution in [0.25, 0.3) is 0 Å². The Labute approximate surface area is 115 Å². The molecule has 1 aliphatic rings. The summed E-state index contributed by atoms with van der Waals surface area (Å²) in [6, 6.07) is 5.83. The van der Waals surface area contributed by atoms with E-state index in [1.54, 1.807) is 0 Å². The van der Waals surface area contributed by atoms with Gasteiger partial charge in [-0.05, 0) is 70.2 Å². The van der Waals surface area contributed by atoms with Gasteiger partial charge in [-0.25, -0.2) is 0 Å². The van der Waals surface area contributed by atoms with E-state index in [2.05, 4.69) is 31.4 Å². The second kappa shape index (κ2) is 5.24. The first-order chi connectivity index (χ1) is 8.94. The van der Waals surface area contributed by atoms with Crippen molar-refractivity contribution in [1.29, 1.82) is 0 Å². The summed E-state index contributed by atoms with van der Waals surface area (Å²) in [5.74, 6) is 0.668. The number of rotatable bonds is 5. The maximum absolute atomic E-state index is 12.3. The molecule has 1 fully saturated rings. The molecule has 1 aliphatic carbocycles. The number of nitrogens with one attached hydrogen (secondary N) is 2. The van der Waals surface area contributed by atoms with Crippen molar-refractivity contribution >= 4 is 11.6 Å². The standard InChI is InChI=1S/C16H24N2O/c1-5-17-14-9-6-12(10-11(14)2)15(19)18-16(3,4)13-7-8-13/h6,9-10,13,17H,5,7-8H2,1-4H3,(H,18,19). The topological polar surface area (TPSA) is 41.1 Å². The van der Waals surface area contributed by atoms with E-state index in [4.69, 9.17) is 0 Å². The molecule has 1 amide bonds. The van der Waals surface area contributed by atoms with E-state index in [-0.39, 0.29) is 11.4 Å². The van der Waals surface area contributed by atoms with Crippen LogP contribution in [0.15, 0.2) is 18.2 Å². The lowest BCUT2D eigenvalue weighted by Gasteiger charge is -2.26. The summed E-state index contributed by atoms with van der Waals surface area (Å²) in [6.07, 6.45) is 2.46. The fourth-order valence-corrected chi connectivity index (χ4v) is 2.47. The lowest BCUT2D eigenvalue weighted by atomic mass is 9.98. The molecule has 1 aromatic rings. The predicted molar refractivity (Wildman–Crippen MR) is 79.6 cm³/mol. The predicted octanol–water partition coefficient (Wildman–Crippen LogP) is 3.35. The molecule has 0 heterocycles. The highest BCUT2D eigenvalue weighted by Crippen LogP contribution is 2.39. The van der Waals surface area contributed by atoms with Crippen molar-refractivity contribution in [1.82, 2.24) is 5.32 Å². The van der Waals surface area contributed by atoms with E-state index in [0.717, 1.165) is 23.4 Å². The van der Waals surface area contributed by atoms with E-state index in [1.807, 2.05) is 25.1 Å². The molecule has 0 aliphatic heterocycles. The van der Waals surface area contributed by atoms with Crippen LogP contribution in [0.3, 0.4) is 0 Å². The van der Waals surface area contributed by atoms with Crippen LogP contribution in [0.2, 0.25) is 0 Å². The molecule has 19 heavy (non-hydrogen) atoms. The second-order valence-corrected chi connectivity index (χ2v) is 6.01. The molecule has 0 saturated heterocycles. The molecule has 0 spiro atoms. The van der Waals surface area contributed by atoms with Crippen molar-refractivity contribution < 1.29 is 4.79 Å². The minimum Gasteiger partial charge on any atom is -0.385 e. The van der Waals surface area contributed by atoms with Crippen LogP contribution in [-0.2, 0) is 0 Å². The second-order valence-electron chi connectivity index (χ2n) is 6.01. The maximum atomic E-state index is 12.3. The van der Waals surface area contributed by atoms with Gasteiger partial charge in [-0.1, -0.05) is 0 Å². The number of benzene rings is 1. The van der Waals surface area contributed by atoms with Crippen molar-refractivity contribution in [3.8, 4) is 0 Å². The van der Waals surface area contributed by atoms with Crippen molar-refractivity contribution in [2.24, 2.45) is 5.92 Å². The Balaban J connectivity index is 2.08. The number of hydrogen-bond donors (Lipinski definition) is 2. The van der Waals surface area contributed by atoms with Crippen LogP contribution in [0.4, 0.5) is 5.69 Å². The molecule has 0 aromatic heterocycles. The van der Waals surface area contributed by atoms with Crippen LogP contribution >= 0.6 is 0 Å². The third-order valence-corrected chi connectivity index (χ3v) is 3.89. The highest BCUT2D eigenvalue weighted by atomic mass is 16.1. The number of aryl methyl sites for hydroxylation is 1. The van der Waals surface area contributed by atoms with Gasteiger partial charge in [-0.15, -0.1) is 0 Å². The monoisotopic (exact) mass is 260 g/mol. The van der Waals surface area contributed by atoms with Crippen molar-refractivity contribution in [3.63, 3.8) is 0 Å². The van der Waals surface area contributed by atoms with Crippen LogP contribution < -0.4 is 10.6 Å². The number of anilines is 1. The Morgan fingerprint density at radius 2 is 2.05 bits per heavy atom. The fraction of sp³-hybridized carbons (Fsp3) is 0.562. The van der Waals surface area contributed by atoms with Crippen molar-refractivity contribution in [3.05, 3.63) is 29.3 Å². The molecule has 2 N–H and O–H groups in total. The van der Waals surface area contributed by atoms with Gasteiger partial charge in [0.2, 0.25) is 0 Å². The van der Waals surface area contributed by atoms with Crippen molar-refractivity contribution in [2.75, 3.05) is 11.9 Å². The number of hydrogen-bond acceptors (Lipinski definition) is 2. The zero-order chi connectivity index (χ0) is 14.0. The van der Waals surface area contributed by atoms with Gasteiger partial charge in [0, 0.05) is 23.3 Å².